The van der Waals surface area contributed by atoms with Crippen LogP contribution in [0.3, 0.4) is 0 Å². The van der Waals surface area contributed by atoms with Crippen molar-refractivity contribution in [2.45, 2.75) is 27.7 Å². The van der Waals surface area contributed by atoms with E-state index in [2.05, 4.69) is 18.8 Å². The predicted octanol–water partition coefficient (Wildman–Crippen LogP) is 1.92. The van der Waals surface area contributed by atoms with Crippen molar-refractivity contribution in [2.24, 2.45) is 16.6 Å². The number of aliphatic imine (C=N–C) groups is 1. The van der Waals surface area contributed by atoms with Crippen molar-refractivity contribution in [1.82, 2.24) is 0 Å². The van der Waals surface area contributed by atoms with Gasteiger partial charge in [0.05, 0.1) is 0 Å². The van der Waals surface area contributed by atoms with Crippen LogP contribution in [0.4, 0.5) is 0 Å². The molecule has 2 heteroatoms. The normalized spacial score (nSPS) is 14.5. The summed E-state index contributed by atoms with van der Waals surface area (Å²) in [6, 6.07) is 0. The summed E-state index contributed by atoms with van der Waals surface area (Å²) < 4.78 is 0. The van der Waals surface area contributed by atoms with Crippen molar-refractivity contribution in [1.29, 1.82) is 0 Å². The topological polar surface area (TPSA) is 38.4 Å². The number of rotatable bonds is 2. The van der Waals surface area contributed by atoms with E-state index in [0.29, 0.717) is 5.92 Å². The average molecular weight is 140 g/mol. The molecule has 0 aliphatic carbocycles. The van der Waals surface area contributed by atoms with Crippen LogP contribution in [0.1, 0.15) is 27.7 Å². The molecule has 0 amide bonds. The number of nitrogens with two attached hydrogens (primary N) is 1. The summed E-state index contributed by atoms with van der Waals surface area (Å²) in [7, 11) is 0. The van der Waals surface area contributed by atoms with Crippen LogP contribution >= 0.6 is 0 Å². The molecule has 0 fully saturated rings. The molecule has 0 aliphatic heterocycles. The van der Waals surface area contributed by atoms with Gasteiger partial charge < -0.3 is 5.73 Å². The molecule has 0 bridgehead atoms. The van der Waals surface area contributed by atoms with E-state index in [9.17, 15) is 0 Å². The lowest BCUT2D eigenvalue weighted by Gasteiger charge is -2.00. The Hall–Kier alpha value is -0.790. The Morgan fingerprint density at radius 2 is 1.90 bits per heavy atom. The highest BCUT2D eigenvalue weighted by atomic mass is 14.7. The number of nitrogens with zero attached hydrogens (tertiary/aromatic N) is 1. The van der Waals surface area contributed by atoms with E-state index in [1.54, 1.807) is 6.20 Å². The van der Waals surface area contributed by atoms with Gasteiger partial charge in [-0.1, -0.05) is 13.8 Å². The van der Waals surface area contributed by atoms with Crippen LogP contribution in [0.25, 0.3) is 0 Å². The summed E-state index contributed by atoms with van der Waals surface area (Å²) in [6.45, 7) is 8.05. The maximum absolute atomic E-state index is 5.39. The Morgan fingerprint density at radius 1 is 1.40 bits per heavy atom. The summed E-state index contributed by atoms with van der Waals surface area (Å²) in [5.74, 6) is 0.510. The molecule has 0 aromatic rings. The molecule has 0 aromatic heterocycles. The van der Waals surface area contributed by atoms with Gasteiger partial charge in [0.15, 0.2) is 0 Å². The van der Waals surface area contributed by atoms with Crippen molar-refractivity contribution in [3.05, 3.63) is 11.9 Å². The van der Waals surface area contributed by atoms with Crippen molar-refractivity contribution < 1.29 is 0 Å². The first-order valence-corrected chi connectivity index (χ1v) is 3.50. The monoisotopic (exact) mass is 140 g/mol. The lowest BCUT2D eigenvalue weighted by atomic mass is 10.1. The minimum atomic E-state index is 0.510. The van der Waals surface area contributed by atoms with Crippen molar-refractivity contribution in [3.8, 4) is 0 Å². The molecule has 0 aromatic carbocycles. The van der Waals surface area contributed by atoms with Gasteiger partial charge in [0, 0.05) is 17.6 Å². The fourth-order valence-corrected chi connectivity index (χ4v) is 0.353. The van der Waals surface area contributed by atoms with Crippen molar-refractivity contribution >= 4 is 5.71 Å². The Kier molecular flexibility index (Phi) is 3.77. The molecule has 0 radical (unpaired) electrons. The molecular formula is C8H16N2. The second-order valence-corrected chi connectivity index (χ2v) is 2.80. The summed E-state index contributed by atoms with van der Waals surface area (Å²) in [5.41, 5.74) is 7.26. The molecule has 58 valence electrons. The second-order valence-electron chi connectivity index (χ2n) is 2.80. The van der Waals surface area contributed by atoms with Crippen molar-refractivity contribution in [3.63, 3.8) is 0 Å². The van der Waals surface area contributed by atoms with Gasteiger partial charge in [-0.2, -0.15) is 0 Å². The number of hydrogen-bond acceptors (Lipinski definition) is 2. The first kappa shape index (κ1) is 9.21. The summed E-state index contributed by atoms with van der Waals surface area (Å²) in [4.78, 5) is 4.15. The zero-order valence-electron chi connectivity index (χ0n) is 7.18. The van der Waals surface area contributed by atoms with Crippen LogP contribution in [0, 0.1) is 5.92 Å². The minimum Gasteiger partial charge on any atom is -0.401 e. The van der Waals surface area contributed by atoms with Crippen LogP contribution in [0.15, 0.2) is 16.9 Å². The quantitative estimate of drug-likeness (QED) is 0.585. The van der Waals surface area contributed by atoms with E-state index >= 15 is 0 Å². The molecular weight excluding hydrogens is 124 g/mol. The highest BCUT2D eigenvalue weighted by Gasteiger charge is 1.94. The zero-order valence-corrected chi connectivity index (χ0v) is 7.18. The molecule has 0 spiro atoms. The van der Waals surface area contributed by atoms with Gasteiger partial charge in [-0.3, -0.25) is 4.99 Å². The van der Waals surface area contributed by atoms with E-state index in [1.165, 1.54) is 0 Å². The van der Waals surface area contributed by atoms with Crippen LogP contribution in [-0.2, 0) is 0 Å². The minimum absolute atomic E-state index is 0.510. The third-order valence-corrected chi connectivity index (χ3v) is 1.31. The average Bonchev–Trinajstić information content (AvgIpc) is 1.82. The van der Waals surface area contributed by atoms with Crippen LogP contribution < -0.4 is 5.73 Å². The fourth-order valence-electron chi connectivity index (χ4n) is 0.353. The fraction of sp³-hybridized carbons (Fsp3) is 0.625. The van der Waals surface area contributed by atoms with Crippen LogP contribution in [0.2, 0.25) is 0 Å². The molecule has 0 atom stereocenters. The Labute approximate surface area is 62.8 Å². The van der Waals surface area contributed by atoms with Crippen molar-refractivity contribution in [2.75, 3.05) is 0 Å². The van der Waals surface area contributed by atoms with E-state index < -0.39 is 0 Å². The maximum Gasteiger partial charge on any atom is 0.0451 e. The third-order valence-electron chi connectivity index (χ3n) is 1.31. The molecule has 0 unspecified atom stereocenters. The second kappa shape index (κ2) is 4.09. The summed E-state index contributed by atoms with van der Waals surface area (Å²) in [5, 5.41) is 0. The molecule has 0 saturated carbocycles. The molecule has 10 heavy (non-hydrogen) atoms. The van der Waals surface area contributed by atoms with Crippen LogP contribution in [-0.4, -0.2) is 5.71 Å². The van der Waals surface area contributed by atoms with Gasteiger partial charge in [0.2, 0.25) is 0 Å². The highest BCUT2D eigenvalue weighted by molar-refractivity contribution is 5.84. The summed E-state index contributed by atoms with van der Waals surface area (Å²) in [6.07, 6.45) is 1.69. The smallest absolute Gasteiger partial charge is 0.0451 e. The molecule has 2 nitrogen and oxygen atoms in total. The largest absolute Gasteiger partial charge is 0.401 e. The first-order valence-electron chi connectivity index (χ1n) is 3.50. The Balaban J connectivity index is 4.05. The molecule has 0 saturated heterocycles. The lowest BCUT2D eigenvalue weighted by molar-refractivity contribution is 0.878. The van der Waals surface area contributed by atoms with Gasteiger partial charge >= 0.3 is 0 Å². The standard InChI is InChI=1S/C8H16N2/c1-6(2)8(4)10-5-7(3)9/h5-6H,9H2,1-4H3/b7-5-,10-8?. The Morgan fingerprint density at radius 3 is 2.20 bits per heavy atom. The molecule has 2 N–H and O–H groups in total. The van der Waals surface area contributed by atoms with Gasteiger partial charge in [-0.05, 0) is 19.8 Å². The first-order chi connectivity index (χ1) is 4.54. The van der Waals surface area contributed by atoms with E-state index in [-0.39, 0.29) is 0 Å². The van der Waals surface area contributed by atoms with Gasteiger partial charge in [0.1, 0.15) is 0 Å². The number of hydrogen-bond donors (Lipinski definition) is 1. The predicted molar refractivity (Wildman–Crippen MR) is 45.9 cm³/mol. The third kappa shape index (κ3) is 4.13. The maximum atomic E-state index is 5.39. The summed E-state index contributed by atoms with van der Waals surface area (Å²) >= 11 is 0. The van der Waals surface area contributed by atoms with Crippen LogP contribution in [0.5, 0.6) is 0 Å². The number of allylic oxidation sites excluding steroid dienone is 1. The van der Waals surface area contributed by atoms with Gasteiger partial charge in [-0.25, -0.2) is 0 Å². The zero-order chi connectivity index (χ0) is 8.15. The highest BCUT2D eigenvalue weighted by Crippen LogP contribution is 1.96. The lowest BCUT2D eigenvalue weighted by Crippen LogP contribution is -2.01. The molecule has 0 aliphatic rings. The van der Waals surface area contributed by atoms with E-state index in [0.717, 1.165) is 11.4 Å². The van der Waals surface area contributed by atoms with Gasteiger partial charge in [0.25, 0.3) is 0 Å². The van der Waals surface area contributed by atoms with E-state index in [4.69, 9.17) is 5.73 Å². The van der Waals surface area contributed by atoms with E-state index in [1.807, 2.05) is 13.8 Å². The van der Waals surface area contributed by atoms with Gasteiger partial charge in [-0.15, -0.1) is 0 Å². The Bertz CT molecular complexity index is 151. The molecule has 0 rings (SSSR count). The SMILES string of the molecule is CC(=N/C=C(/C)N)C(C)C. The molecule has 0 heterocycles.